The van der Waals surface area contributed by atoms with Crippen molar-refractivity contribution < 1.29 is 23.9 Å². The third kappa shape index (κ3) is 5.88. The molecule has 8 nitrogen and oxygen atoms in total. The number of carbonyl (C=O) groups excluding carboxylic acids is 4. The van der Waals surface area contributed by atoms with Crippen LogP contribution >= 0.6 is 39.3 Å². The highest BCUT2D eigenvalue weighted by Gasteiger charge is 2.36. The number of Topliss-reactive ketones (excluding diaryl/α,β-unsaturated/α-hetero) is 1. The molecule has 0 bridgehead atoms. The third-order valence-corrected chi connectivity index (χ3v) is 8.02. The number of ketones is 1. The second kappa shape index (κ2) is 11.4. The molecule has 11 heteroatoms. The Kier molecular flexibility index (Phi) is 8.04. The van der Waals surface area contributed by atoms with Crippen LogP contribution in [-0.2, 0) is 20.9 Å². The molecular weight excluding hydrogens is 594 g/mol. The molecule has 0 unspecified atom stereocenters. The molecule has 196 valence electrons. The number of hydrogen-bond acceptors (Lipinski definition) is 6. The van der Waals surface area contributed by atoms with Crippen molar-refractivity contribution in [3.63, 3.8) is 0 Å². The van der Waals surface area contributed by atoms with Gasteiger partial charge in [-0.2, -0.15) is 0 Å². The first-order valence-electron chi connectivity index (χ1n) is 12.0. The van der Waals surface area contributed by atoms with Gasteiger partial charge in [0.1, 0.15) is 6.54 Å². The second-order valence-corrected chi connectivity index (χ2v) is 11.4. The van der Waals surface area contributed by atoms with Gasteiger partial charge in [-0.1, -0.05) is 27.5 Å². The molecule has 3 heterocycles. The van der Waals surface area contributed by atoms with Gasteiger partial charge in [0.15, 0.2) is 5.78 Å². The number of thioether (sulfide) groups is 1. The lowest BCUT2D eigenvalue weighted by molar-refractivity contribution is -0.123. The highest BCUT2D eigenvalue weighted by atomic mass is 79.9. The summed E-state index contributed by atoms with van der Waals surface area (Å²) in [5.74, 6) is -1.04. The molecule has 3 aromatic rings. The molecule has 38 heavy (non-hydrogen) atoms. The van der Waals surface area contributed by atoms with Crippen LogP contribution in [0.15, 0.2) is 58.0 Å². The Balaban J connectivity index is 1.35. The minimum absolute atomic E-state index is 0.0501. The molecule has 1 atom stereocenters. The number of amides is 3. The number of nitrogens with one attached hydrogen (secondary N) is 1. The molecular formula is C27H23BrClN3O5S. The van der Waals surface area contributed by atoms with E-state index in [2.05, 4.69) is 21.2 Å². The number of benzene rings is 2. The SMILES string of the molecule is O=C(Cn1cc(/C=C2\SC(=O)N(CC(=O)c3ccc(Cl)cc3)C2=O)c2cc(Br)ccc21)NC[C@H]1CCCO1. The smallest absolute Gasteiger partial charge is 0.293 e. The number of rotatable bonds is 8. The maximum Gasteiger partial charge on any atom is 0.293 e. The summed E-state index contributed by atoms with van der Waals surface area (Å²) in [7, 11) is 0. The van der Waals surface area contributed by atoms with Gasteiger partial charge in [-0.05, 0) is 73.1 Å². The van der Waals surface area contributed by atoms with Crippen molar-refractivity contribution >= 4 is 79.1 Å². The molecule has 5 rings (SSSR count). The quantitative estimate of drug-likeness (QED) is 0.274. The normalized spacial score (nSPS) is 18.6. The Hall–Kier alpha value is -2.92. The molecule has 3 amide bonds. The van der Waals surface area contributed by atoms with Gasteiger partial charge in [0.2, 0.25) is 5.91 Å². The molecule has 2 saturated heterocycles. The van der Waals surface area contributed by atoms with Gasteiger partial charge in [-0.25, -0.2) is 0 Å². The summed E-state index contributed by atoms with van der Waals surface area (Å²) in [4.78, 5) is 52.2. The lowest BCUT2D eigenvalue weighted by Crippen LogP contribution is -2.34. The average Bonchev–Trinajstić information content (AvgIpc) is 3.59. The van der Waals surface area contributed by atoms with E-state index in [1.54, 1.807) is 36.5 Å². The summed E-state index contributed by atoms with van der Waals surface area (Å²) in [5, 5.41) is 3.72. The second-order valence-electron chi connectivity index (χ2n) is 9.01. The number of aromatic nitrogens is 1. The summed E-state index contributed by atoms with van der Waals surface area (Å²) in [6.07, 6.45) is 5.41. The van der Waals surface area contributed by atoms with Crippen molar-refractivity contribution in [1.82, 2.24) is 14.8 Å². The number of ether oxygens (including phenoxy) is 1. The minimum atomic E-state index is -0.535. The van der Waals surface area contributed by atoms with Crippen LogP contribution in [0.5, 0.6) is 0 Å². The average molecular weight is 617 g/mol. The van der Waals surface area contributed by atoms with Crippen LogP contribution in [0.25, 0.3) is 17.0 Å². The van der Waals surface area contributed by atoms with E-state index >= 15 is 0 Å². The highest BCUT2D eigenvalue weighted by molar-refractivity contribution is 9.10. The van der Waals surface area contributed by atoms with Crippen molar-refractivity contribution in [3.05, 3.63) is 74.2 Å². The van der Waals surface area contributed by atoms with Crippen LogP contribution in [0, 0.1) is 0 Å². The van der Waals surface area contributed by atoms with E-state index in [1.165, 1.54) is 0 Å². The summed E-state index contributed by atoms with van der Waals surface area (Å²) in [6.45, 7) is 0.928. The van der Waals surface area contributed by atoms with E-state index < -0.39 is 11.1 Å². The molecule has 1 aromatic heterocycles. The molecule has 2 aromatic carbocycles. The number of halogens is 2. The molecule has 0 spiro atoms. The Bertz CT molecular complexity index is 1460. The monoisotopic (exact) mass is 615 g/mol. The zero-order valence-corrected chi connectivity index (χ0v) is 23.3. The predicted octanol–water partition coefficient (Wildman–Crippen LogP) is 5.27. The summed E-state index contributed by atoms with van der Waals surface area (Å²) in [5.41, 5.74) is 1.86. The van der Waals surface area contributed by atoms with Crippen molar-refractivity contribution in [2.45, 2.75) is 25.5 Å². The van der Waals surface area contributed by atoms with Gasteiger partial charge in [0, 0.05) is 50.9 Å². The van der Waals surface area contributed by atoms with Crippen molar-refractivity contribution in [2.24, 2.45) is 0 Å². The van der Waals surface area contributed by atoms with E-state index in [4.69, 9.17) is 16.3 Å². The topological polar surface area (TPSA) is 97.7 Å². The Morgan fingerprint density at radius 3 is 2.68 bits per heavy atom. The van der Waals surface area contributed by atoms with Gasteiger partial charge in [0.25, 0.3) is 11.1 Å². The van der Waals surface area contributed by atoms with E-state index in [9.17, 15) is 19.2 Å². The number of nitrogens with zero attached hydrogens (tertiary/aromatic N) is 2. The van der Waals surface area contributed by atoms with Crippen LogP contribution in [0.3, 0.4) is 0 Å². The first-order chi connectivity index (χ1) is 18.3. The van der Waals surface area contributed by atoms with E-state index in [0.717, 1.165) is 51.5 Å². The standard InChI is InChI=1S/C27H23BrClN3O5S/c28-18-5-8-22-21(11-18)17(13-31(22)15-25(34)30-12-20-2-1-9-37-20)10-24-26(35)32(27(36)38-24)14-23(33)16-3-6-19(29)7-4-16/h3-8,10-11,13,20H,1-2,9,12,14-15H2,(H,30,34)/b24-10-/t20-/m1/s1. The molecule has 2 aliphatic rings. The fraction of sp³-hybridized carbons (Fsp3) is 0.259. The fourth-order valence-electron chi connectivity index (χ4n) is 4.43. The van der Waals surface area contributed by atoms with Crippen molar-refractivity contribution in [1.29, 1.82) is 0 Å². The number of carbonyl (C=O) groups is 4. The molecule has 0 saturated carbocycles. The number of imide groups is 1. The minimum Gasteiger partial charge on any atom is -0.376 e. The molecule has 1 N–H and O–H groups in total. The van der Waals surface area contributed by atoms with Crippen molar-refractivity contribution in [3.8, 4) is 0 Å². The van der Waals surface area contributed by atoms with Gasteiger partial charge < -0.3 is 14.6 Å². The van der Waals surface area contributed by atoms with Gasteiger partial charge in [0.05, 0.1) is 17.6 Å². The Morgan fingerprint density at radius 2 is 1.95 bits per heavy atom. The fourth-order valence-corrected chi connectivity index (χ4v) is 5.75. The maximum atomic E-state index is 13.1. The lowest BCUT2D eigenvalue weighted by atomic mass is 10.1. The summed E-state index contributed by atoms with van der Waals surface area (Å²) < 4.78 is 8.22. The van der Waals surface area contributed by atoms with Gasteiger partial charge >= 0.3 is 0 Å². The zero-order valence-electron chi connectivity index (χ0n) is 20.1. The number of fused-ring (bicyclic) bond motifs is 1. The predicted molar refractivity (Wildman–Crippen MR) is 150 cm³/mol. The van der Waals surface area contributed by atoms with Gasteiger partial charge in [-0.15, -0.1) is 0 Å². The number of hydrogen-bond donors (Lipinski definition) is 1. The summed E-state index contributed by atoms with van der Waals surface area (Å²) >= 11 is 10.1. The van der Waals surface area contributed by atoms with Crippen LogP contribution in [0.2, 0.25) is 5.02 Å². The van der Waals surface area contributed by atoms with Gasteiger partial charge in [-0.3, -0.25) is 24.1 Å². The maximum absolute atomic E-state index is 13.1. The Labute approximate surface area is 236 Å². The zero-order chi connectivity index (χ0) is 26.8. The van der Waals surface area contributed by atoms with E-state index in [0.29, 0.717) is 22.7 Å². The first-order valence-corrected chi connectivity index (χ1v) is 14.0. The molecule has 2 aliphatic heterocycles. The van der Waals surface area contributed by atoms with Crippen LogP contribution in [0.1, 0.15) is 28.8 Å². The molecule has 0 radical (unpaired) electrons. The molecule has 2 fully saturated rings. The Morgan fingerprint density at radius 1 is 1.16 bits per heavy atom. The van der Waals surface area contributed by atoms with E-state index in [1.807, 2.05) is 22.8 Å². The molecule has 0 aliphatic carbocycles. The van der Waals surface area contributed by atoms with Crippen LogP contribution in [-0.4, -0.2) is 58.1 Å². The van der Waals surface area contributed by atoms with Crippen LogP contribution < -0.4 is 5.32 Å². The lowest BCUT2D eigenvalue weighted by Gasteiger charge is -2.11. The summed E-state index contributed by atoms with van der Waals surface area (Å²) in [6, 6.07) is 11.9. The highest BCUT2D eigenvalue weighted by Crippen LogP contribution is 2.35. The van der Waals surface area contributed by atoms with E-state index in [-0.39, 0.29) is 35.8 Å². The third-order valence-electron chi connectivity index (χ3n) is 6.37. The largest absolute Gasteiger partial charge is 0.376 e. The van der Waals surface area contributed by atoms with Crippen molar-refractivity contribution in [2.75, 3.05) is 19.7 Å². The van der Waals surface area contributed by atoms with Crippen LogP contribution in [0.4, 0.5) is 4.79 Å². The first kappa shape index (κ1) is 26.7.